The molecule has 0 unspecified atom stereocenters. The monoisotopic (exact) mass is 474 g/mol. The average Bonchev–Trinajstić information content (AvgIpc) is 3.06. The van der Waals surface area contributed by atoms with Crippen LogP contribution in [0.1, 0.15) is 87.6 Å². The Balaban J connectivity index is 0.000000328. The molecule has 2 heterocycles. The van der Waals surface area contributed by atoms with E-state index in [1.165, 1.54) is 29.3 Å². The van der Waals surface area contributed by atoms with E-state index in [0.717, 1.165) is 52.5 Å². The smallest absolute Gasteiger partial charge is 0.160 e. The highest BCUT2D eigenvalue weighted by molar-refractivity contribution is 5.69. The molecule has 0 saturated heterocycles. The predicted molar refractivity (Wildman–Crippen MR) is 156 cm³/mol. The molecular weight excluding hydrogens is 428 g/mol. The van der Waals surface area contributed by atoms with Crippen molar-refractivity contribution in [2.75, 3.05) is 7.05 Å². The summed E-state index contributed by atoms with van der Waals surface area (Å²) < 4.78 is 2.05. The van der Waals surface area contributed by atoms with Crippen LogP contribution in [0.25, 0.3) is 22.4 Å². The second-order valence-electron chi connectivity index (χ2n) is 10.3. The van der Waals surface area contributed by atoms with Crippen molar-refractivity contribution in [2.24, 2.45) is 11.1 Å². The minimum atomic E-state index is 0.312. The summed E-state index contributed by atoms with van der Waals surface area (Å²) in [7, 11) is 1.50. The summed E-state index contributed by atoms with van der Waals surface area (Å²) in [5.41, 5.74) is 15.9. The van der Waals surface area contributed by atoms with Crippen molar-refractivity contribution in [1.29, 1.82) is 0 Å². The SMILES string of the molecule is C=C(C)c1cc(C(=C)C)n2c(C)nc(C)c2n1.C=C(CC(C)(C)C)c1ccc(CC)cc1C.CN. The summed E-state index contributed by atoms with van der Waals surface area (Å²) >= 11 is 0. The van der Waals surface area contributed by atoms with Gasteiger partial charge in [-0.05, 0) is 99.4 Å². The lowest BCUT2D eigenvalue weighted by Crippen LogP contribution is -2.06. The van der Waals surface area contributed by atoms with Gasteiger partial charge in [0.15, 0.2) is 5.65 Å². The van der Waals surface area contributed by atoms with Crippen LogP contribution in [0.3, 0.4) is 0 Å². The van der Waals surface area contributed by atoms with Gasteiger partial charge in [0.1, 0.15) is 5.82 Å². The molecule has 3 aromatic rings. The van der Waals surface area contributed by atoms with Crippen LogP contribution in [-0.2, 0) is 6.42 Å². The van der Waals surface area contributed by atoms with E-state index in [1.54, 1.807) is 0 Å². The van der Waals surface area contributed by atoms with Gasteiger partial charge in [-0.15, -0.1) is 0 Å². The molecule has 2 aromatic heterocycles. The van der Waals surface area contributed by atoms with E-state index in [4.69, 9.17) is 0 Å². The second-order valence-corrected chi connectivity index (χ2v) is 10.3. The second kappa shape index (κ2) is 12.6. The quantitative estimate of drug-likeness (QED) is 0.407. The number of hydrogen-bond donors (Lipinski definition) is 1. The van der Waals surface area contributed by atoms with Gasteiger partial charge in [-0.2, -0.15) is 0 Å². The number of rotatable bonds is 5. The lowest BCUT2D eigenvalue weighted by atomic mass is 9.84. The lowest BCUT2D eigenvalue weighted by molar-refractivity contribution is 0.427. The van der Waals surface area contributed by atoms with Gasteiger partial charge < -0.3 is 5.73 Å². The van der Waals surface area contributed by atoms with Crippen LogP contribution in [0.4, 0.5) is 0 Å². The molecule has 0 aliphatic heterocycles. The van der Waals surface area contributed by atoms with Gasteiger partial charge >= 0.3 is 0 Å². The summed E-state index contributed by atoms with van der Waals surface area (Å²) in [6.45, 7) is 31.2. The molecule has 35 heavy (non-hydrogen) atoms. The van der Waals surface area contributed by atoms with Crippen LogP contribution in [0, 0.1) is 26.2 Å². The van der Waals surface area contributed by atoms with Gasteiger partial charge in [-0.3, -0.25) is 4.40 Å². The van der Waals surface area contributed by atoms with E-state index >= 15 is 0 Å². The molecule has 0 aliphatic carbocycles. The summed E-state index contributed by atoms with van der Waals surface area (Å²) in [4.78, 5) is 9.06. The maximum Gasteiger partial charge on any atom is 0.160 e. The predicted octanol–water partition coefficient (Wildman–Crippen LogP) is 7.99. The third-order valence-electron chi connectivity index (χ3n) is 5.63. The van der Waals surface area contributed by atoms with Gasteiger partial charge in [0.2, 0.25) is 0 Å². The third kappa shape index (κ3) is 8.03. The van der Waals surface area contributed by atoms with Crippen LogP contribution in [-0.4, -0.2) is 21.4 Å². The molecule has 3 rings (SSSR count). The van der Waals surface area contributed by atoms with Crippen molar-refractivity contribution < 1.29 is 0 Å². The Labute approximate surface area is 213 Å². The fourth-order valence-electron chi connectivity index (χ4n) is 4.03. The molecule has 0 spiro atoms. The van der Waals surface area contributed by atoms with E-state index in [-0.39, 0.29) is 0 Å². The first-order valence-electron chi connectivity index (χ1n) is 12.3. The number of hydrogen-bond acceptors (Lipinski definition) is 3. The van der Waals surface area contributed by atoms with Gasteiger partial charge in [0, 0.05) is 0 Å². The summed E-state index contributed by atoms with van der Waals surface area (Å²) in [5, 5.41) is 0. The van der Waals surface area contributed by atoms with Crippen LogP contribution < -0.4 is 5.73 Å². The number of aromatic nitrogens is 3. The number of aryl methyl sites for hydroxylation is 4. The number of fused-ring (bicyclic) bond motifs is 1. The average molecular weight is 475 g/mol. The largest absolute Gasteiger partial charge is 0.333 e. The number of nitrogens with two attached hydrogens (primary N) is 1. The van der Waals surface area contributed by atoms with Crippen LogP contribution in [0.15, 0.2) is 44.0 Å². The van der Waals surface area contributed by atoms with E-state index < -0.39 is 0 Å². The van der Waals surface area contributed by atoms with E-state index in [9.17, 15) is 0 Å². The Morgan fingerprint density at radius 3 is 2.00 bits per heavy atom. The molecule has 4 heteroatoms. The fraction of sp³-hybridized carbons (Fsp3) is 0.419. The van der Waals surface area contributed by atoms with Crippen molar-refractivity contribution in [2.45, 2.75) is 75.2 Å². The molecule has 0 atom stereocenters. The van der Waals surface area contributed by atoms with Gasteiger partial charge in [0.25, 0.3) is 0 Å². The minimum absolute atomic E-state index is 0.312. The zero-order chi connectivity index (χ0) is 27.1. The Morgan fingerprint density at radius 1 is 0.943 bits per heavy atom. The van der Waals surface area contributed by atoms with Crippen molar-refractivity contribution in [3.8, 4) is 0 Å². The third-order valence-corrected chi connectivity index (χ3v) is 5.63. The van der Waals surface area contributed by atoms with E-state index in [0.29, 0.717) is 5.41 Å². The number of imidazole rings is 1. The molecule has 1 aromatic carbocycles. The molecule has 0 aliphatic rings. The molecule has 0 saturated carbocycles. The van der Waals surface area contributed by atoms with E-state index in [2.05, 4.69) is 88.3 Å². The maximum atomic E-state index is 4.60. The summed E-state index contributed by atoms with van der Waals surface area (Å²) in [5.74, 6) is 0.941. The summed E-state index contributed by atoms with van der Waals surface area (Å²) in [6, 6.07) is 8.74. The standard InChI is InChI=1S/C16H24.C14H17N3.CH5N/c1-7-14-8-9-15(12(2)10-14)13(3)11-16(4,5)6;1-8(2)12-7-13(9(3)4)17-11(6)15-10(5)14(17)16-12;1-2/h8-10H,3,7,11H2,1-2,4-6H3;7H,1,3H2,2,4-6H3;2H2,1H3. The van der Waals surface area contributed by atoms with Crippen LogP contribution in [0.5, 0.6) is 0 Å². The molecule has 0 fully saturated rings. The molecule has 4 nitrogen and oxygen atoms in total. The first-order valence-corrected chi connectivity index (χ1v) is 12.3. The molecule has 0 amide bonds. The minimum Gasteiger partial charge on any atom is -0.333 e. The molecule has 0 bridgehead atoms. The van der Waals surface area contributed by atoms with Gasteiger partial charge in [0.05, 0.1) is 17.1 Å². The van der Waals surface area contributed by atoms with Gasteiger partial charge in [-0.1, -0.05) is 65.6 Å². The van der Waals surface area contributed by atoms with Crippen molar-refractivity contribution in [3.05, 3.63) is 83.6 Å². The normalized spacial score (nSPS) is 10.7. The molecular formula is C31H46N4. The highest BCUT2D eigenvalue weighted by Crippen LogP contribution is 2.31. The lowest BCUT2D eigenvalue weighted by Gasteiger charge is -2.21. The number of benzene rings is 1. The Bertz CT molecular complexity index is 1200. The maximum absolute atomic E-state index is 4.60. The van der Waals surface area contributed by atoms with Gasteiger partial charge in [-0.25, -0.2) is 9.97 Å². The summed E-state index contributed by atoms with van der Waals surface area (Å²) in [6.07, 6.45) is 2.16. The molecule has 190 valence electrons. The number of allylic oxidation sites excluding steroid dienone is 3. The Hall–Kier alpha value is -2.98. The Morgan fingerprint density at radius 2 is 1.54 bits per heavy atom. The fourth-order valence-corrected chi connectivity index (χ4v) is 4.03. The first-order chi connectivity index (χ1) is 16.2. The molecule has 2 N–H and O–H groups in total. The first kappa shape index (κ1) is 30.1. The van der Waals surface area contributed by atoms with Crippen molar-refractivity contribution in [1.82, 2.24) is 14.4 Å². The highest BCUT2D eigenvalue weighted by atomic mass is 15.1. The van der Waals surface area contributed by atoms with Crippen LogP contribution >= 0.6 is 0 Å². The van der Waals surface area contributed by atoms with Crippen molar-refractivity contribution >= 4 is 22.4 Å². The van der Waals surface area contributed by atoms with Crippen LogP contribution in [0.2, 0.25) is 0 Å². The zero-order valence-corrected chi connectivity index (χ0v) is 23.8. The highest BCUT2D eigenvalue weighted by Gasteiger charge is 2.14. The Kier molecular flexibility index (Phi) is 10.9. The molecule has 0 radical (unpaired) electrons. The van der Waals surface area contributed by atoms with Crippen molar-refractivity contribution in [3.63, 3.8) is 0 Å². The zero-order valence-electron chi connectivity index (χ0n) is 23.8. The number of nitrogens with zero attached hydrogens (tertiary/aromatic N) is 3. The van der Waals surface area contributed by atoms with E-state index in [1.807, 2.05) is 38.2 Å². The topological polar surface area (TPSA) is 56.2 Å².